The highest BCUT2D eigenvalue weighted by molar-refractivity contribution is 9.10. The lowest BCUT2D eigenvalue weighted by molar-refractivity contribution is 0.263. The molecule has 1 aromatic rings. The van der Waals surface area contributed by atoms with Gasteiger partial charge in [-0.15, -0.1) is 6.58 Å². The van der Waals surface area contributed by atoms with Crippen molar-refractivity contribution >= 4 is 15.9 Å². The first-order valence-corrected chi connectivity index (χ1v) is 7.82. The van der Waals surface area contributed by atoms with Crippen molar-refractivity contribution in [3.8, 4) is 11.5 Å². The standard InChI is InChI=1S/C16H23BrO3/c1-3-5-6-7-8-9-20-16-14(17)10-13(12-18)11-15(16)19-4-2/h3,10-11,18H,1,4-9,12H2,2H3. The molecule has 0 radical (unpaired) electrons. The maximum Gasteiger partial charge on any atom is 0.175 e. The van der Waals surface area contributed by atoms with Crippen molar-refractivity contribution in [2.75, 3.05) is 13.2 Å². The quantitative estimate of drug-likeness (QED) is 0.503. The topological polar surface area (TPSA) is 38.7 Å². The zero-order chi connectivity index (χ0) is 14.8. The minimum absolute atomic E-state index is 0.0134. The molecule has 0 aliphatic rings. The van der Waals surface area contributed by atoms with E-state index in [1.807, 2.05) is 25.1 Å². The molecule has 0 fully saturated rings. The van der Waals surface area contributed by atoms with Crippen LogP contribution in [0.3, 0.4) is 0 Å². The number of rotatable bonds is 10. The van der Waals surface area contributed by atoms with E-state index in [9.17, 15) is 5.11 Å². The summed E-state index contributed by atoms with van der Waals surface area (Å²) in [7, 11) is 0. The Morgan fingerprint density at radius 3 is 2.70 bits per heavy atom. The second-order valence-corrected chi connectivity index (χ2v) is 5.34. The number of hydrogen-bond donors (Lipinski definition) is 1. The van der Waals surface area contributed by atoms with Crippen molar-refractivity contribution in [2.24, 2.45) is 0 Å². The summed E-state index contributed by atoms with van der Waals surface area (Å²) in [5.74, 6) is 1.39. The number of unbranched alkanes of at least 4 members (excludes halogenated alkanes) is 3. The van der Waals surface area contributed by atoms with E-state index in [0.717, 1.165) is 35.7 Å². The van der Waals surface area contributed by atoms with E-state index in [1.54, 1.807) is 0 Å². The highest BCUT2D eigenvalue weighted by atomic mass is 79.9. The molecule has 4 heteroatoms. The summed E-state index contributed by atoms with van der Waals surface area (Å²) in [6.07, 6.45) is 6.28. The molecule has 0 heterocycles. The normalized spacial score (nSPS) is 10.3. The Labute approximate surface area is 129 Å². The molecule has 112 valence electrons. The van der Waals surface area contributed by atoms with Crippen LogP contribution in [0.1, 0.15) is 38.2 Å². The molecule has 0 saturated carbocycles. The SMILES string of the molecule is C=CCCCCCOc1c(Br)cc(CO)cc1OCC. The third kappa shape index (κ3) is 5.55. The molecule has 1 N–H and O–H groups in total. The van der Waals surface area contributed by atoms with E-state index >= 15 is 0 Å². The van der Waals surface area contributed by atoms with Crippen molar-refractivity contribution in [2.45, 2.75) is 39.2 Å². The second-order valence-electron chi connectivity index (χ2n) is 4.48. The molecule has 1 rings (SSSR count). The Morgan fingerprint density at radius 1 is 1.25 bits per heavy atom. The number of aliphatic hydroxyl groups excluding tert-OH is 1. The highest BCUT2D eigenvalue weighted by Gasteiger charge is 2.11. The third-order valence-electron chi connectivity index (χ3n) is 2.85. The zero-order valence-electron chi connectivity index (χ0n) is 12.0. The van der Waals surface area contributed by atoms with Gasteiger partial charge in [0.2, 0.25) is 0 Å². The van der Waals surface area contributed by atoms with Crippen LogP contribution in [0, 0.1) is 0 Å². The van der Waals surface area contributed by atoms with Crippen LogP contribution < -0.4 is 9.47 Å². The summed E-state index contributed by atoms with van der Waals surface area (Å²) in [5.41, 5.74) is 0.804. The summed E-state index contributed by atoms with van der Waals surface area (Å²) in [4.78, 5) is 0. The maximum atomic E-state index is 9.22. The van der Waals surface area contributed by atoms with Crippen molar-refractivity contribution in [1.82, 2.24) is 0 Å². The molecule has 0 aliphatic carbocycles. The first-order chi connectivity index (χ1) is 9.72. The van der Waals surface area contributed by atoms with E-state index in [0.29, 0.717) is 24.7 Å². The molecule has 3 nitrogen and oxygen atoms in total. The van der Waals surface area contributed by atoms with Gasteiger partial charge in [0, 0.05) is 0 Å². The molecule has 0 saturated heterocycles. The van der Waals surface area contributed by atoms with Crippen LogP contribution in [0.4, 0.5) is 0 Å². The number of ether oxygens (including phenoxy) is 2. The van der Waals surface area contributed by atoms with Crippen molar-refractivity contribution in [3.05, 3.63) is 34.8 Å². The lowest BCUT2D eigenvalue weighted by Gasteiger charge is -2.15. The maximum absolute atomic E-state index is 9.22. The van der Waals surface area contributed by atoms with Crippen molar-refractivity contribution in [3.63, 3.8) is 0 Å². The number of allylic oxidation sites excluding steroid dienone is 1. The van der Waals surface area contributed by atoms with Gasteiger partial charge >= 0.3 is 0 Å². The van der Waals surface area contributed by atoms with Crippen LogP contribution in [0.5, 0.6) is 11.5 Å². The van der Waals surface area contributed by atoms with E-state index in [2.05, 4.69) is 22.5 Å². The van der Waals surface area contributed by atoms with Gasteiger partial charge in [-0.05, 0) is 66.2 Å². The van der Waals surface area contributed by atoms with Crippen LogP contribution in [0.15, 0.2) is 29.3 Å². The van der Waals surface area contributed by atoms with Gasteiger partial charge in [0.25, 0.3) is 0 Å². The van der Waals surface area contributed by atoms with Crippen LogP contribution in [-0.2, 0) is 6.61 Å². The average Bonchev–Trinajstić information content (AvgIpc) is 2.44. The zero-order valence-corrected chi connectivity index (χ0v) is 13.6. The molecule has 0 unspecified atom stereocenters. The molecular weight excluding hydrogens is 320 g/mol. The number of halogens is 1. The first-order valence-electron chi connectivity index (χ1n) is 7.02. The number of aliphatic hydroxyl groups is 1. The van der Waals surface area contributed by atoms with E-state index < -0.39 is 0 Å². The minimum atomic E-state index is -0.0134. The fourth-order valence-corrected chi connectivity index (χ4v) is 2.46. The molecule has 0 spiro atoms. The van der Waals surface area contributed by atoms with Gasteiger partial charge in [0.1, 0.15) is 0 Å². The molecule has 0 aliphatic heterocycles. The predicted molar refractivity (Wildman–Crippen MR) is 85.4 cm³/mol. The minimum Gasteiger partial charge on any atom is -0.490 e. The molecular formula is C16H23BrO3. The van der Waals surface area contributed by atoms with Crippen LogP contribution in [0.25, 0.3) is 0 Å². The second kappa shape index (κ2) is 9.83. The molecule has 20 heavy (non-hydrogen) atoms. The first kappa shape index (κ1) is 17.1. The fraction of sp³-hybridized carbons (Fsp3) is 0.500. The highest BCUT2D eigenvalue weighted by Crippen LogP contribution is 2.37. The lowest BCUT2D eigenvalue weighted by Crippen LogP contribution is -2.02. The summed E-state index contributed by atoms with van der Waals surface area (Å²) < 4.78 is 12.2. The predicted octanol–water partition coefficient (Wildman–Crippen LogP) is 4.47. The lowest BCUT2D eigenvalue weighted by atomic mass is 10.2. The Morgan fingerprint density at radius 2 is 2.05 bits per heavy atom. The van der Waals surface area contributed by atoms with Gasteiger partial charge in [-0.2, -0.15) is 0 Å². The van der Waals surface area contributed by atoms with Gasteiger partial charge in [-0.1, -0.05) is 6.08 Å². The summed E-state index contributed by atoms with van der Waals surface area (Å²) in [5, 5.41) is 9.22. The number of hydrogen-bond acceptors (Lipinski definition) is 3. The Kier molecular flexibility index (Phi) is 8.38. The van der Waals surface area contributed by atoms with E-state index in [1.165, 1.54) is 0 Å². The monoisotopic (exact) mass is 342 g/mol. The fourth-order valence-electron chi connectivity index (χ4n) is 1.86. The Bertz CT molecular complexity index is 418. The third-order valence-corrected chi connectivity index (χ3v) is 3.44. The van der Waals surface area contributed by atoms with Gasteiger partial charge in [0.05, 0.1) is 24.3 Å². The van der Waals surface area contributed by atoms with Crippen molar-refractivity contribution < 1.29 is 14.6 Å². The van der Waals surface area contributed by atoms with Gasteiger partial charge in [-0.25, -0.2) is 0 Å². The largest absolute Gasteiger partial charge is 0.490 e. The van der Waals surface area contributed by atoms with Gasteiger partial charge in [0.15, 0.2) is 11.5 Å². The smallest absolute Gasteiger partial charge is 0.175 e. The summed E-state index contributed by atoms with van der Waals surface area (Å²) in [6.45, 7) is 6.85. The summed E-state index contributed by atoms with van der Waals surface area (Å²) >= 11 is 3.47. The van der Waals surface area contributed by atoms with Crippen LogP contribution in [-0.4, -0.2) is 18.3 Å². The van der Waals surface area contributed by atoms with Crippen LogP contribution >= 0.6 is 15.9 Å². The summed E-state index contributed by atoms with van der Waals surface area (Å²) in [6, 6.07) is 3.68. The molecule has 0 aromatic heterocycles. The molecule has 1 aromatic carbocycles. The average molecular weight is 343 g/mol. The van der Waals surface area contributed by atoms with Gasteiger partial charge < -0.3 is 14.6 Å². The van der Waals surface area contributed by atoms with Crippen molar-refractivity contribution in [1.29, 1.82) is 0 Å². The van der Waals surface area contributed by atoms with E-state index in [4.69, 9.17) is 9.47 Å². The Balaban J connectivity index is 2.60. The number of benzene rings is 1. The van der Waals surface area contributed by atoms with Gasteiger partial charge in [-0.3, -0.25) is 0 Å². The van der Waals surface area contributed by atoms with Crippen LogP contribution in [0.2, 0.25) is 0 Å². The molecule has 0 amide bonds. The molecule has 0 bridgehead atoms. The molecule has 0 atom stereocenters. The van der Waals surface area contributed by atoms with E-state index in [-0.39, 0.29) is 6.61 Å². The Hall–Kier alpha value is -1.00.